The normalized spacial score (nSPS) is 21.0. The summed E-state index contributed by atoms with van der Waals surface area (Å²) in [6.07, 6.45) is 6.28. The highest BCUT2D eigenvalue weighted by Gasteiger charge is 2.63. The van der Waals surface area contributed by atoms with Crippen LogP contribution >= 0.6 is 0 Å². The van der Waals surface area contributed by atoms with Crippen LogP contribution in [0.1, 0.15) is 20.3 Å². The van der Waals surface area contributed by atoms with E-state index in [9.17, 15) is 64.8 Å². The molecule has 0 aromatic carbocycles. The maximum atomic E-state index is 12.0. The molecule has 1 aliphatic heterocycles. The minimum Gasteiger partial charge on any atom is -0.324 e. The molecule has 0 amide bonds. The summed E-state index contributed by atoms with van der Waals surface area (Å²) in [4.78, 5) is 3.86. The molecular formula is C12H17F9N2O6S3. The maximum absolute atomic E-state index is 12.0. The van der Waals surface area contributed by atoms with Gasteiger partial charge in [0.25, 0.3) is 0 Å². The fourth-order valence-corrected chi connectivity index (χ4v) is 7.72. The van der Waals surface area contributed by atoms with E-state index in [1.807, 2.05) is 0 Å². The van der Waals surface area contributed by atoms with E-state index >= 15 is 0 Å². The average molecular weight is 552 g/mol. The van der Waals surface area contributed by atoms with Crippen molar-refractivity contribution in [2.45, 2.75) is 43.0 Å². The monoisotopic (exact) mass is 552 g/mol. The van der Waals surface area contributed by atoms with Gasteiger partial charge in [0, 0.05) is 13.5 Å². The zero-order valence-electron chi connectivity index (χ0n) is 16.2. The molecule has 0 saturated carbocycles. The van der Waals surface area contributed by atoms with Gasteiger partial charge in [0.2, 0.25) is 0 Å². The molecule has 1 rings (SSSR count). The molecule has 0 spiro atoms. The third-order valence-electron chi connectivity index (χ3n) is 3.74. The molecule has 8 nitrogen and oxygen atoms in total. The van der Waals surface area contributed by atoms with Crippen molar-refractivity contribution in [1.29, 1.82) is 0 Å². The zero-order chi connectivity index (χ0) is 26.1. The van der Waals surface area contributed by atoms with E-state index in [1.165, 1.54) is 17.9 Å². The lowest BCUT2D eigenvalue weighted by Gasteiger charge is -2.31. The number of rotatable bonds is 5. The van der Waals surface area contributed by atoms with Crippen molar-refractivity contribution >= 4 is 29.5 Å². The number of quaternary nitrogens is 1. The van der Waals surface area contributed by atoms with Crippen molar-refractivity contribution in [3.63, 3.8) is 0 Å². The molecule has 1 N–H and O–H groups in total. The van der Waals surface area contributed by atoms with Crippen LogP contribution in [0.25, 0.3) is 0 Å². The van der Waals surface area contributed by atoms with Gasteiger partial charge in [-0.15, -0.1) is 0 Å². The molecule has 0 aliphatic carbocycles. The molecule has 0 saturated heterocycles. The molecule has 2 atom stereocenters. The lowest BCUT2D eigenvalue weighted by molar-refractivity contribution is -0.854. The number of sulfone groups is 3. The Labute approximate surface area is 177 Å². The molecule has 0 bridgehead atoms. The highest BCUT2D eigenvalue weighted by molar-refractivity contribution is 8.29. The van der Waals surface area contributed by atoms with Crippen LogP contribution in [0.5, 0.6) is 0 Å². The molecular weight excluding hydrogens is 535 g/mol. The molecule has 0 aromatic heterocycles. The summed E-state index contributed by atoms with van der Waals surface area (Å²) in [6.45, 7) is 5.66. The van der Waals surface area contributed by atoms with Gasteiger partial charge in [0.05, 0.1) is 17.2 Å². The van der Waals surface area contributed by atoms with E-state index in [1.54, 1.807) is 0 Å². The van der Waals surface area contributed by atoms with E-state index in [0.717, 1.165) is 0 Å². The quantitative estimate of drug-likeness (QED) is 0.404. The summed E-state index contributed by atoms with van der Waals surface area (Å²) in [5.41, 5.74) is -21.2. The molecule has 2 unspecified atom stereocenters. The van der Waals surface area contributed by atoms with Crippen LogP contribution in [0, 0.1) is 3.91 Å². The Kier molecular flexibility index (Phi) is 9.15. The van der Waals surface area contributed by atoms with Crippen LogP contribution in [0.15, 0.2) is 12.4 Å². The predicted molar refractivity (Wildman–Crippen MR) is 90.7 cm³/mol. The molecule has 1 aliphatic rings. The van der Waals surface area contributed by atoms with Gasteiger partial charge in [-0.3, -0.25) is 30.2 Å². The Morgan fingerprint density at radius 3 is 1.31 bits per heavy atom. The van der Waals surface area contributed by atoms with Crippen LogP contribution < -0.4 is 4.90 Å². The summed E-state index contributed by atoms with van der Waals surface area (Å²) in [6, 6.07) is 0. The molecule has 1 heterocycles. The predicted octanol–water partition coefficient (Wildman–Crippen LogP) is 1.28. The number of hydrogen-bond acceptors (Lipinski definition) is 7. The second-order valence-electron chi connectivity index (χ2n) is 6.07. The summed E-state index contributed by atoms with van der Waals surface area (Å²) in [5.74, 6) is 0. The van der Waals surface area contributed by atoms with Crippen LogP contribution in [-0.2, 0) is 29.5 Å². The Morgan fingerprint density at radius 1 is 0.812 bits per heavy atom. The first kappa shape index (κ1) is 30.7. The molecule has 192 valence electrons. The van der Waals surface area contributed by atoms with Gasteiger partial charge in [0.15, 0.2) is 35.7 Å². The van der Waals surface area contributed by atoms with Gasteiger partial charge in [-0.25, -0.2) is 0 Å². The van der Waals surface area contributed by atoms with Crippen molar-refractivity contribution in [2.24, 2.45) is 0 Å². The van der Waals surface area contributed by atoms with Gasteiger partial charge in [-0.1, -0.05) is 6.92 Å². The third-order valence-corrected chi connectivity index (χ3v) is 10.8. The minimum atomic E-state index is -8.02. The third kappa shape index (κ3) is 6.19. The first-order valence-electron chi connectivity index (χ1n) is 7.95. The summed E-state index contributed by atoms with van der Waals surface area (Å²) in [7, 11) is -21.9. The Bertz CT molecular complexity index is 894. The Morgan fingerprint density at radius 2 is 1.12 bits per heavy atom. The van der Waals surface area contributed by atoms with E-state index in [-0.39, 0.29) is 0 Å². The number of halogens is 9. The SMILES string of the molecule is CCCN1C=C[NH+](C)C1C.O=S(=O)([C-](S(=O)(=O)C(F)(F)F)S(=O)(=O)C(F)(F)F)C(F)(F)F. The second kappa shape index (κ2) is 9.53. The van der Waals surface area contributed by atoms with Crippen LogP contribution in [0.3, 0.4) is 0 Å². The highest BCUT2D eigenvalue weighted by atomic mass is 32.3. The van der Waals surface area contributed by atoms with Crippen molar-refractivity contribution in [1.82, 2.24) is 4.90 Å². The van der Waals surface area contributed by atoms with Crippen molar-refractivity contribution in [3.05, 3.63) is 16.3 Å². The first-order valence-corrected chi connectivity index (χ1v) is 12.4. The minimum absolute atomic E-state index is 0.639. The molecule has 0 radical (unpaired) electrons. The van der Waals surface area contributed by atoms with E-state index in [4.69, 9.17) is 0 Å². The van der Waals surface area contributed by atoms with Gasteiger partial charge >= 0.3 is 16.5 Å². The number of hydrogen-bond donors (Lipinski definition) is 1. The molecule has 32 heavy (non-hydrogen) atoms. The fraction of sp³-hybridized carbons (Fsp3) is 0.750. The smallest absolute Gasteiger partial charge is 0.324 e. The molecule has 20 heteroatoms. The fourth-order valence-electron chi connectivity index (χ4n) is 1.99. The standard InChI is InChI=1S/C8H16N2.C4F9O6S3/c1-4-5-10-7-6-9(3)8(10)2;5-2(6,7)20(14,15)1(21(16,17)3(8,9)10)22(18,19)4(11,12)13/h6-8H,4-5H2,1-3H3;/q;-1/p+1. The summed E-state index contributed by atoms with van der Waals surface area (Å²) in [5, 5.41) is 0. The van der Waals surface area contributed by atoms with Crippen LogP contribution in [0.2, 0.25) is 0 Å². The summed E-state index contributed by atoms with van der Waals surface area (Å²) < 4.78 is 167. The van der Waals surface area contributed by atoms with Crippen LogP contribution in [-0.4, -0.2) is 66.4 Å². The Hall–Kier alpha value is -1.28. The number of nitrogens with one attached hydrogen (secondary N) is 1. The topological polar surface area (TPSA) is 110 Å². The second-order valence-corrected chi connectivity index (χ2v) is 12.5. The van der Waals surface area contributed by atoms with Gasteiger partial charge in [-0.05, 0) is 6.42 Å². The largest absolute Gasteiger partial charge is 0.470 e. The Balaban J connectivity index is 0.000000792. The maximum Gasteiger partial charge on any atom is 0.470 e. The number of alkyl halides is 9. The van der Waals surface area contributed by atoms with Gasteiger partial charge in [0.1, 0.15) is 6.20 Å². The van der Waals surface area contributed by atoms with Crippen LogP contribution in [0.4, 0.5) is 39.5 Å². The molecule has 0 fully saturated rings. The van der Waals surface area contributed by atoms with E-state index in [2.05, 4.69) is 38.2 Å². The number of nitrogens with zero attached hydrogens (tertiary/aromatic N) is 1. The zero-order valence-corrected chi connectivity index (χ0v) is 18.6. The lowest BCUT2D eigenvalue weighted by Crippen LogP contribution is -3.08. The van der Waals surface area contributed by atoms with E-state index in [0.29, 0.717) is 6.17 Å². The van der Waals surface area contributed by atoms with Gasteiger partial charge < -0.3 is 4.90 Å². The lowest BCUT2D eigenvalue weighted by atomic mass is 10.4. The van der Waals surface area contributed by atoms with Crippen molar-refractivity contribution in [3.8, 4) is 0 Å². The first-order chi connectivity index (χ1) is 13.9. The summed E-state index contributed by atoms with van der Waals surface area (Å²) >= 11 is 0. The van der Waals surface area contributed by atoms with E-state index < -0.39 is 50.0 Å². The van der Waals surface area contributed by atoms with Gasteiger partial charge in [-0.2, -0.15) is 39.5 Å². The van der Waals surface area contributed by atoms with Crippen molar-refractivity contribution in [2.75, 3.05) is 13.6 Å². The molecule has 0 aromatic rings. The average Bonchev–Trinajstić information content (AvgIpc) is 2.84. The van der Waals surface area contributed by atoms with Crippen molar-refractivity contribution < 1.29 is 69.7 Å². The highest BCUT2D eigenvalue weighted by Crippen LogP contribution is 2.47.